The summed E-state index contributed by atoms with van der Waals surface area (Å²) in [6, 6.07) is 5.29. The first kappa shape index (κ1) is 25.1. The predicted octanol–water partition coefficient (Wildman–Crippen LogP) is 2.08. The first-order valence-corrected chi connectivity index (χ1v) is 11.3. The zero-order valence-corrected chi connectivity index (χ0v) is 18.5. The summed E-state index contributed by atoms with van der Waals surface area (Å²) < 4.78 is 64.4. The molecule has 2 aromatic carbocycles. The van der Waals surface area contributed by atoms with Crippen LogP contribution in [0, 0.1) is 21.7 Å². The van der Waals surface area contributed by atoms with Crippen molar-refractivity contribution < 1.29 is 41.2 Å². The topological polar surface area (TPSA) is 145 Å². The molecule has 1 amide bonds. The van der Waals surface area contributed by atoms with Crippen LogP contribution in [0.4, 0.5) is 20.2 Å². The van der Waals surface area contributed by atoms with Crippen LogP contribution in [0.3, 0.4) is 0 Å². The van der Waals surface area contributed by atoms with Gasteiger partial charge >= 0.3 is 11.7 Å². The molecule has 1 aliphatic heterocycles. The number of esters is 1. The first-order chi connectivity index (χ1) is 16.0. The Morgan fingerprint density at radius 2 is 1.79 bits per heavy atom. The van der Waals surface area contributed by atoms with Crippen molar-refractivity contribution in [3.63, 3.8) is 0 Å². The van der Waals surface area contributed by atoms with E-state index in [0.29, 0.717) is 0 Å². The molecule has 0 aromatic heterocycles. The molecule has 3 rings (SSSR count). The smallest absolute Gasteiger partial charge is 0.338 e. The monoisotopic (exact) mass is 499 g/mol. The van der Waals surface area contributed by atoms with Crippen molar-refractivity contribution in [2.24, 2.45) is 0 Å². The number of nitro benzene ring substituents is 1. The Balaban J connectivity index is 1.73. The molecule has 1 heterocycles. The number of carbonyl (C=O) groups excluding carboxylic acids is 2. The highest BCUT2D eigenvalue weighted by Crippen LogP contribution is 2.24. The normalized spacial score (nSPS) is 15.4. The van der Waals surface area contributed by atoms with Gasteiger partial charge in [0, 0.05) is 24.8 Å². The van der Waals surface area contributed by atoms with Gasteiger partial charge in [0.2, 0.25) is 15.8 Å². The van der Waals surface area contributed by atoms with Gasteiger partial charge in [-0.05, 0) is 37.3 Å². The molecule has 2 aromatic rings. The molecule has 0 bridgehead atoms. The molecule has 1 unspecified atom stereocenters. The highest BCUT2D eigenvalue weighted by Gasteiger charge is 2.30. The highest BCUT2D eigenvalue weighted by atomic mass is 32.2. The summed E-state index contributed by atoms with van der Waals surface area (Å²) in [5.41, 5.74) is -1.28. The van der Waals surface area contributed by atoms with Crippen LogP contribution in [0.2, 0.25) is 0 Å². The summed E-state index contributed by atoms with van der Waals surface area (Å²) in [7, 11) is -4.24. The number of nitro groups is 1. The number of hydrogen-bond donors (Lipinski definition) is 1. The molecule has 1 aliphatic rings. The average Bonchev–Trinajstić information content (AvgIpc) is 2.80. The third kappa shape index (κ3) is 5.52. The molecule has 1 fully saturated rings. The average molecular weight is 499 g/mol. The van der Waals surface area contributed by atoms with Gasteiger partial charge in [-0.1, -0.05) is 0 Å². The third-order valence-corrected chi connectivity index (χ3v) is 6.73. The third-order valence-electron chi connectivity index (χ3n) is 4.82. The lowest BCUT2D eigenvalue weighted by atomic mass is 10.2. The molecule has 34 heavy (non-hydrogen) atoms. The molecule has 1 N–H and O–H groups in total. The number of rotatable bonds is 7. The molecule has 0 radical (unpaired) electrons. The Morgan fingerprint density at radius 3 is 2.44 bits per heavy atom. The van der Waals surface area contributed by atoms with Gasteiger partial charge < -0.3 is 14.8 Å². The Labute approximate surface area is 192 Å². The van der Waals surface area contributed by atoms with E-state index < -0.39 is 55.1 Å². The molecule has 14 heteroatoms. The molecular formula is C20H19F2N3O8S. The van der Waals surface area contributed by atoms with Crippen molar-refractivity contribution in [3.8, 4) is 0 Å². The number of amides is 1. The second-order valence-electron chi connectivity index (χ2n) is 7.12. The fourth-order valence-corrected chi connectivity index (χ4v) is 4.51. The van der Waals surface area contributed by atoms with Gasteiger partial charge in [-0.3, -0.25) is 14.9 Å². The lowest BCUT2D eigenvalue weighted by Crippen LogP contribution is -2.41. The molecule has 0 spiro atoms. The molecule has 182 valence electrons. The summed E-state index contributed by atoms with van der Waals surface area (Å²) >= 11 is 0. The van der Waals surface area contributed by atoms with Crippen molar-refractivity contribution in [1.29, 1.82) is 0 Å². The molecular weight excluding hydrogens is 480 g/mol. The minimum Gasteiger partial charge on any atom is -0.449 e. The number of benzene rings is 2. The minimum atomic E-state index is -4.24. The second-order valence-corrected chi connectivity index (χ2v) is 9.03. The van der Waals surface area contributed by atoms with Crippen LogP contribution in [0.5, 0.6) is 0 Å². The Kier molecular flexibility index (Phi) is 7.54. The lowest BCUT2D eigenvalue weighted by molar-refractivity contribution is -0.387. The summed E-state index contributed by atoms with van der Waals surface area (Å²) in [5, 5.41) is 13.1. The number of anilines is 1. The number of morpholine rings is 1. The Hall–Kier alpha value is -3.49. The van der Waals surface area contributed by atoms with Crippen molar-refractivity contribution in [3.05, 3.63) is 63.7 Å². The van der Waals surface area contributed by atoms with Crippen LogP contribution in [0.15, 0.2) is 41.3 Å². The van der Waals surface area contributed by atoms with E-state index >= 15 is 0 Å². The van der Waals surface area contributed by atoms with Crippen LogP contribution in [0.1, 0.15) is 17.3 Å². The summed E-state index contributed by atoms with van der Waals surface area (Å²) in [6.07, 6.45) is -1.43. The molecule has 0 saturated carbocycles. The van der Waals surface area contributed by atoms with Gasteiger partial charge in [-0.15, -0.1) is 0 Å². The van der Waals surface area contributed by atoms with Gasteiger partial charge in [-0.25, -0.2) is 17.6 Å². The number of ether oxygens (including phenoxy) is 2. The number of sulfonamides is 1. The van der Waals surface area contributed by atoms with E-state index in [1.807, 2.05) is 0 Å². The number of carbonyl (C=O) groups is 2. The van der Waals surface area contributed by atoms with Gasteiger partial charge in [0.25, 0.3) is 5.91 Å². The van der Waals surface area contributed by atoms with Gasteiger partial charge in [0.15, 0.2) is 6.10 Å². The number of halogens is 2. The van der Waals surface area contributed by atoms with Gasteiger partial charge in [-0.2, -0.15) is 8.70 Å². The van der Waals surface area contributed by atoms with Crippen molar-refractivity contribution in [2.75, 3.05) is 31.6 Å². The summed E-state index contributed by atoms with van der Waals surface area (Å²) in [6.45, 7) is 1.53. The molecule has 1 atom stereocenters. The zero-order chi connectivity index (χ0) is 25.0. The number of nitrogens with one attached hydrogen (secondary N) is 1. The predicted molar refractivity (Wildman–Crippen MR) is 113 cm³/mol. The molecule has 0 aliphatic carbocycles. The number of hydrogen-bond acceptors (Lipinski definition) is 8. The van der Waals surface area contributed by atoms with E-state index in [0.717, 1.165) is 40.7 Å². The fourth-order valence-electron chi connectivity index (χ4n) is 3.01. The first-order valence-electron chi connectivity index (χ1n) is 9.84. The quantitative estimate of drug-likeness (QED) is 0.346. The number of nitrogens with zero attached hydrogens (tertiary/aromatic N) is 2. The van der Waals surface area contributed by atoms with Crippen LogP contribution in [-0.2, 0) is 24.3 Å². The summed E-state index contributed by atoms with van der Waals surface area (Å²) in [4.78, 5) is 33.9. The van der Waals surface area contributed by atoms with Gasteiger partial charge in [0.1, 0.15) is 10.7 Å². The van der Waals surface area contributed by atoms with Crippen LogP contribution >= 0.6 is 0 Å². The van der Waals surface area contributed by atoms with Crippen LogP contribution < -0.4 is 5.32 Å². The van der Waals surface area contributed by atoms with Crippen LogP contribution in [0.25, 0.3) is 0 Å². The zero-order valence-electron chi connectivity index (χ0n) is 17.7. The molecule has 1 saturated heterocycles. The fraction of sp³-hybridized carbons (Fsp3) is 0.300. The maximum atomic E-state index is 14.3. The summed E-state index contributed by atoms with van der Waals surface area (Å²) in [5.74, 6) is -4.16. The maximum absolute atomic E-state index is 14.3. The van der Waals surface area contributed by atoms with Crippen molar-refractivity contribution in [1.82, 2.24) is 4.31 Å². The van der Waals surface area contributed by atoms with Gasteiger partial charge in [0.05, 0.1) is 23.7 Å². The van der Waals surface area contributed by atoms with E-state index in [-0.39, 0.29) is 37.6 Å². The van der Waals surface area contributed by atoms with E-state index in [4.69, 9.17) is 9.47 Å². The van der Waals surface area contributed by atoms with Crippen LogP contribution in [-0.4, -0.2) is 61.9 Å². The van der Waals surface area contributed by atoms with Crippen molar-refractivity contribution >= 4 is 33.3 Å². The van der Waals surface area contributed by atoms with E-state index in [2.05, 4.69) is 5.32 Å². The SMILES string of the molecule is CC(OC(=O)c1ccc(F)c(S(=O)(=O)N2CCOCC2)c1)C(=O)Nc1ccc(F)c([N+](=O)[O-])c1. The Morgan fingerprint density at radius 1 is 1.15 bits per heavy atom. The molecule has 11 nitrogen and oxygen atoms in total. The van der Waals surface area contributed by atoms with E-state index in [9.17, 15) is 36.9 Å². The standard InChI is InChI=1S/C20H19F2N3O8S/c1-12(19(26)23-14-3-5-15(21)17(11-14)25(28)29)33-20(27)13-2-4-16(22)18(10-13)34(30,31)24-6-8-32-9-7-24/h2-5,10-12H,6-9H2,1H3,(H,23,26). The second kappa shape index (κ2) is 10.2. The van der Waals surface area contributed by atoms with E-state index in [1.54, 1.807) is 0 Å². The minimum absolute atomic E-state index is 0.0230. The lowest BCUT2D eigenvalue weighted by Gasteiger charge is -2.26. The maximum Gasteiger partial charge on any atom is 0.338 e. The highest BCUT2D eigenvalue weighted by molar-refractivity contribution is 7.89. The van der Waals surface area contributed by atoms with Crippen molar-refractivity contribution in [2.45, 2.75) is 17.9 Å². The van der Waals surface area contributed by atoms with E-state index in [1.165, 1.54) is 6.92 Å². The largest absolute Gasteiger partial charge is 0.449 e. The Bertz CT molecular complexity index is 1230.